The number of likely N-dealkylation sites (tertiary alicyclic amines) is 1. The fraction of sp³-hybridized carbons (Fsp3) is 0.818. The molecule has 0 spiro atoms. The van der Waals surface area contributed by atoms with Gasteiger partial charge in [0.2, 0.25) is 0 Å². The number of nitrogens with zero attached hydrogens (tertiary/aromatic N) is 2. The lowest BCUT2D eigenvalue weighted by atomic mass is 9.99. The maximum atomic E-state index is 12.0. The van der Waals surface area contributed by atoms with Gasteiger partial charge in [-0.15, -0.1) is 0 Å². The van der Waals surface area contributed by atoms with Crippen LogP contribution in [0.1, 0.15) is 19.8 Å². The van der Waals surface area contributed by atoms with Crippen LogP contribution in [-0.2, 0) is 4.79 Å². The monoisotopic (exact) mass is 244 g/mol. The van der Waals surface area contributed by atoms with E-state index in [-0.39, 0.29) is 25.1 Å². The van der Waals surface area contributed by atoms with E-state index in [9.17, 15) is 9.59 Å². The summed E-state index contributed by atoms with van der Waals surface area (Å²) >= 11 is 0. The van der Waals surface area contributed by atoms with Crippen molar-refractivity contribution in [3.63, 3.8) is 0 Å². The molecule has 2 amide bonds. The predicted octanol–water partition coefficient (Wildman–Crippen LogP) is 0.217. The molecule has 0 saturated carbocycles. The Morgan fingerprint density at radius 2 is 2.18 bits per heavy atom. The highest BCUT2D eigenvalue weighted by molar-refractivity contribution is 5.80. The number of hydrogen-bond acceptors (Lipinski definition) is 3. The molecular weight excluding hydrogens is 224 g/mol. The van der Waals surface area contributed by atoms with Crippen LogP contribution in [0, 0.1) is 5.92 Å². The minimum absolute atomic E-state index is 0.0782. The van der Waals surface area contributed by atoms with E-state index in [1.165, 1.54) is 4.90 Å². The molecule has 0 aromatic carbocycles. The smallest absolute Gasteiger partial charge is 0.323 e. The lowest BCUT2D eigenvalue weighted by molar-refractivity contribution is -0.137. The SMILES string of the molecule is CCN(CC(=O)O)C(=O)N1CCCC(CO)C1. The number of urea groups is 1. The second-order valence-corrected chi connectivity index (χ2v) is 4.33. The van der Waals surface area contributed by atoms with Crippen LogP contribution < -0.4 is 0 Å². The summed E-state index contributed by atoms with van der Waals surface area (Å²) in [7, 11) is 0. The third kappa shape index (κ3) is 3.89. The Kier molecular flexibility index (Phi) is 5.21. The van der Waals surface area contributed by atoms with Crippen molar-refractivity contribution in [1.82, 2.24) is 9.80 Å². The molecule has 6 nitrogen and oxygen atoms in total. The average molecular weight is 244 g/mol. The number of aliphatic hydroxyl groups is 1. The summed E-state index contributed by atoms with van der Waals surface area (Å²) in [5.41, 5.74) is 0. The fourth-order valence-electron chi connectivity index (χ4n) is 2.07. The van der Waals surface area contributed by atoms with E-state index >= 15 is 0 Å². The summed E-state index contributed by atoms with van der Waals surface area (Å²) in [5, 5.41) is 17.8. The van der Waals surface area contributed by atoms with Gasteiger partial charge in [0.25, 0.3) is 0 Å². The van der Waals surface area contributed by atoms with E-state index in [4.69, 9.17) is 10.2 Å². The molecule has 1 atom stereocenters. The summed E-state index contributed by atoms with van der Waals surface area (Å²) < 4.78 is 0. The Hall–Kier alpha value is -1.30. The largest absolute Gasteiger partial charge is 0.480 e. The van der Waals surface area contributed by atoms with Crippen molar-refractivity contribution in [3.05, 3.63) is 0 Å². The third-order valence-corrected chi connectivity index (χ3v) is 3.03. The first-order valence-corrected chi connectivity index (χ1v) is 5.95. The zero-order valence-electron chi connectivity index (χ0n) is 10.1. The van der Waals surface area contributed by atoms with Crippen molar-refractivity contribution in [2.24, 2.45) is 5.92 Å². The summed E-state index contributed by atoms with van der Waals surface area (Å²) in [5.74, 6) is -0.882. The molecular formula is C11H20N2O4. The number of rotatable bonds is 4. The Balaban J connectivity index is 2.57. The van der Waals surface area contributed by atoms with Crippen LogP contribution in [0.3, 0.4) is 0 Å². The quantitative estimate of drug-likeness (QED) is 0.741. The van der Waals surface area contributed by atoms with Gasteiger partial charge in [-0.1, -0.05) is 0 Å². The topological polar surface area (TPSA) is 81.1 Å². The van der Waals surface area contributed by atoms with Crippen molar-refractivity contribution in [3.8, 4) is 0 Å². The van der Waals surface area contributed by atoms with Gasteiger partial charge in [0, 0.05) is 26.2 Å². The molecule has 6 heteroatoms. The molecule has 1 heterocycles. The number of aliphatic hydroxyl groups excluding tert-OH is 1. The second kappa shape index (κ2) is 6.44. The molecule has 0 aromatic heterocycles. The number of carboxylic acid groups (broad SMARTS) is 1. The van der Waals surface area contributed by atoms with Crippen molar-refractivity contribution < 1.29 is 19.8 Å². The highest BCUT2D eigenvalue weighted by Crippen LogP contribution is 2.17. The van der Waals surface area contributed by atoms with E-state index in [2.05, 4.69) is 0 Å². The second-order valence-electron chi connectivity index (χ2n) is 4.33. The molecule has 1 aliphatic heterocycles. The fourth-order valence-corrected chi connectivity index (χ4v) is 2.07. The maximum absolute atomic E-state index is 12.0. The lowest BCUT2D eigenvalue weighted by Gasteiger charge is -2.35. The number of carbonyl (C=O) groups excluding carboxylic acids is 1. The van der Waals surface area contributed by atoms with Gasteiger partial charge in [0.05, 0.1) is 0 Å². The zero-order valence-corrected chi connectivity index (χ0v) is 10.1. The Morgan fingerprint density at radius 3 is 2.71 bits per heavy atom. The van der Waals surface area contributed by atoms with Crippen LogP contribution in [0.5, 0.6) is 0 Å². The molecule has 2 N–H and O–H groups in total. The van der Waals surface area contributed by atoms with E-state index in [0.717, 1.165) is 12.8 Å². The van der Waals surface area contributed by atoms with Gasteiger partial charge >= 0.3 is 12.0 Å². The summed E-state index contributed by atoms with van der Waals surface area (Å²) in [6, 6.07) is -0.243. The first kappa shape index (κ1) is 13.8. The number of piperidine rings is 1. The summed E-state index contributed by atoms with van der Waals surface area (Å²) in [6.45, 7) is 3.11. The van der Waals surface area contributed by atoms with Crippen LogP contribution in [0.2, 0.25) is 0 Å². The first-order chi connectivity index (χ1) is 8.08. The minimum Gasteiger partial charge on any atom is -0.480 e. The van der Waals surface area contributed by atoms with E-state index in [1.807, 2.05) is 0 Å². The van der Waals surface area contributed by atoms with Crippen LogP contribution in [0.4, 0.5) is 4.79 Å². The molecule has 0 aromatic rings. The lowest BCUT2D eigenvalue weighted by Crippen LogP contribution is -2.49. The highest BCUT2D eigenvalue weighted by Gasteiger charge is 2.26. The Bertz CT molecular complexity index is 283. The van der Waals surface area contributed by atoms with Gasteiger partial charge < -0.3 is 20.0 Å². The van der Waals surface area contributed by atoms with E-state index in [0.29, 0.717) is 19.6 Å². The minimum atomic E-state index is -1.00. The molecule has 0 aliphatic carbocycles. The third-order valence-electron chi connectivity index (χ3n) is 3.03. The van der Waals surface area contributed by atoms with Crippen molar-refractivity contribution in [2.75, 3.05) is 32.8 Å². The zero-order chi connectivity index (χ0) is 12.8. The van der Waals surface area contributed by atoms with Crippen LogP contribution in [0.15, 0.2) is 0 Å². The average Bonchev–Trinajstić information content (AvgIpc) is 2.35. The van der Waals surface area contributed by atoms with Crippen molar-refractivity contribution >= 4 is 12.0 Å². The number of carbonyl (C=O) groups is 2. The van der Waals surface area contributed by atoms with Crippen molar-refractivity contribution in [1.29, 1.82) is 0 Å². The molecule has 0 radical (unpaired) electrons. The number of carboxylic acids is 1. The standard InChI is InChI=1S/C11H20N2O4/c1-2-12(7-10(15)16)11(17)13-5-3-4-9(6-13)8-14/h9,14H,2-8H2,1H3,(H,15,16). The summed E-state index contributed by atoms with van der Waals surface area (Å²) in [4.78, 5) is 25.6. The Labute approximate surface area is 101 Å². The van der Waals surface area contributed by atoms with Crippen LogP contribution in [-0.4, -0.2) is 64.8 Å². The van der Waals surface area contributed by atoms with Gasteiger partial charge in [-0.2, -0.15) is 0 Å². The van der Waals surface area contributed by atoms with Crippen LogP contribution in [0.25, 0.3) is 0 Å². The Morgan fingerprint density at radius 1 is 1.47 bits per heavy atom. The van der Waals surface area contributed by atoms with Gasteiger partial charge in [-0.05, 0) is 25.7 Å². The number of amides is 2. The summed E-state index contributed by atoms with van der Waals surface area (Å²) in [6.07, 6.45) is 1.78. The van der Waals surface area contributed by atoms with Crippen molar-refractivity contribution in [2.45, 2.75) is 19.8 Å². The molecule has 1 rings (SSSR count). The highest BCUT2D eigenvalue weighted by atomic mass is 16.4. The van der Waals surface area contributed by atoms with Gasteiger partial charge in [-0.3, -0.25) is 4.79 Å². The van der Waals surface area contributed by atoms with Gasteiger partial charge in [-0.25, -0.2) is 4.79 Å². The molecule has 1 aliphatic rings. The van der Waals surface area contributed by atoms with Gasteiger partial charge in [0.1, 0.15) is 6.54 Å². The number of hydrogen-bond donors (Lipinski definition) is 2. The first-order valence-electron chi connectivity index (χ1n) is 5.95. The molecule has 0 bridgehead atoms. The predicted molar refractivity (Wildman–Crippen MR) is 61.7 cm³/mol. The maximum Gasteiger partial charge on any atom is 0.323 e. The molecule has 98 valence electrons. The van der Waals surface area contributed by atoms with Crippen LogP contribution >= 0.6 is 0 Å². The molecule has 17 heavy (non-hydrogen) atoms. The number of aliphatic carboxylic acids is 1. The molecule has 1 fully saturated rings. The number of likely N-dealkylation sites (N-methyl/N-ethyl adjacent to an activating group) is 1. The van der Waals surface area contributed by atoms with E-state index < -0.39 is 5.97 Å². The molecule has 1 unspecified atom stereocenters. The normalized spacial score (nSPS) is 20.1. The van der Waals surface area contributed by atoms with E-state index in [1.54, 1.807) is 11.8 Å². The molecule has 1 saturated heterocycles. The van der Waals surface area contributed by atoms with Gasteiger partial charge in [0.15, 0.2) is 0 Å².